The van der Waals surface area contributed by atoms with Crippen LogP contribution in [0.25, 0.3) is 0 Å². The summed E-state index contributed by atoms with van der Waals surface area (Å²) in [6, 6.07) is 8.61. The molecule has 1 N–H and O–H groups in total. The molecule has 0 aliphatic heterocycles. The quantitative estimate of drug-likeness (QED) is 0.768. The van der Waals surface area contributed by atoms with Crippen molar-refractivity contribution in [2.45, 2.75) is 45.3 Å². The average Bonchev–Trinajstić information content (AvgIpc) is 3.21. The molecule has 18 heavy (non-hydrogen) atoms. The molecule has 1 atom stereocenters. The van der Waals surface area contributed by atoms with Gasteiger partial charge in [-0.1, -0.05) is 6.92 Å². The maximum Gasteiger partial charge on any atom is 0.120 e. The van der Waals surface area contributed by atoms with Gasteiger partial charge in [-0.05, 0) is 50.5 Å². The average molecular weight is 249 g/mol. The van der Waals surface area contributed by atoms with Gasteiger partial charge in [-0.3, -0.25) is 0 Å². The van der Waals surface area contributed by atoms with Crippen molar-refractivity contribution < 1.29 is 9.47 Å². The van der Waals surface area contributed by atoms with E-state index in [4.69, 9.17) is 9.47 Å². The van der Waals surface area contributed by atoms with Crippen LogP contribution in [0, 0.1) is 0 Å². The monoisotopic (exact) mass is 249 g/mol. The number of benzene rings is 1. The molecule has 1 aliphatic rings. The number of nitrogens with one attached hydrogen (secondary N) is 1. The Morgan fingerprint density at radius 1 is 1.17 bits per heavy atom. The summed E-state index contributed by atoms with van der Waals surface area (Å²) in [4.78, 5) is 0. The molecule has 1 aliphatic carbocycles. The van der Waals surface area contributed by atoms with E-state index in [0.717, 1.165) is 30.5 Å². The van der Waals surface area contributed by atoms with Crippen molar-refractivity contribution >= 4 is 0 Å². The minimum atomic E-state index is 0.253. The molecule has 1 saturated carbocycles. The van der Waals surface area contributed by atoms with Crippen LogP contribution in [0.15, 0.2) is 24.3 Å². The lowest BCUT2D eigenvalue weighted by atomic mass is 10.2. The zero-order valence-corrected chi connectivity index (χ0v) is 11.3. The van der Waals surface area contributed by atoms with Crippen LogP contribution in [-0.2, 0) is 0 Å². The molecule has 0 radical (unpaired) electrons. The molecule has 1 aromatic rings. The second kappa shape index (κ2) is 6.64. The van der Waals surface area contributed by atoms with E-state index in [1.54, 1.807) is 0 Å². The molecule has 1 aromatic carbocycles. The predicted octanol–water partition coefficient (Wildman–Crippen LogP) is 2.99. The first-order valence-electron chi connectivity index (χ1n) is 6.94. The lowest BCUT2D eigenvalue weighted by Crippen LogP contribution is -2.32. The molecule has 2 rings (SSSR count). The fourth-order valence-corrected chi connectivity index (χ4v) is 1.83. The summed E-state index contributed by atoms with van der Waals surface area (Å²) >= 11 is 0. The summed E-state index contributed by atoms with van der Waals surface area (Å²) in [5, 5.41) is 3.51. The predicted molar refractivity (Wildman–Crippen MR) is 73.3 cm³/mol. The molecule has 3 heteroatoms. The first-order valence-corrected chi connectivity index (χ1v) is 6.94. The highest BCUT2D eigenvalue weighted by molar-refractivity contribution is 5.31. The lowest BCUT2D eigenvalue weighted by Gasteiger charge is -2.18. The van der Waals surface area contributed by atoms with Crippen molar-refractivity contribution in [3.63, 3.8) is 0 Å². The Kier molecular flexibility index (Phi) is 4.88. The SMILES string of the molecule is CCOc1ccc(OC(CC)CNC2CC2)cc1. The second-order valence-electron chi connectivity index (χ2n) is 4.74. The fraction of sp³-hybridized carbons (Fsp3) is 0.600. The first-order chi connectivity index (χ1) is 8.81. The van der Waals surface area contributed by atoms with Gasteiger partial charge in [0, 0.05) is 12.6 Å². The number of hydrogen-bond donors (Lipinski definition) is 1. The van der Waals surface area contributed by atoms with E-state index >= 15 is 0 Å². The molecule has 0 bridgehead atoms. The molecule has 0 saturated heterocycles. The molecule has 100 valence electrons. The van der Waals surface area contributed by atoms with Crippen LogP contribution < -0.4 is 14.8 Å². The highest BCUT2D eigenvalue weighted by Gasteiger charge is 2.21. The Hall–Kier alpha value is -1.22. The van der Waals surface area contributed by atoms with Crippen molar-refractivity contribution in [2.75, 3.05) is 13.2 Å². The molecular weight excluding hydrogens is 226 g/mol. The standard InChI is InChI=1S/C15H23NO2/c1-3-13(11-16-12-5-6-12)18-15-9-7-14(8-10-15)17-4-2/h7-10,12-13,16H,3-6,11H2,1-2H3. The summed E-state index contributed by atoms with van der Waals surface area (Å²) in [6.45, 7) is 5.78. The molecule has 0 heterocycles. The zero-order chi connectivity index (χ0) is 12.8. The molecular formula is C15H23NO2. The third kappa shape index (κ3) is 4.22. The van der Waals surface area contributed by atoms with Crippen molar-refractivity contribution in [3.8, 4) is 11.5 Å². The van der Waals surface area contributed by atoms with Gasteiger partial charge in [0.05, 0.1) is 6.61 Å². The van der Waals surface area contributed by atoms with Crippen LogP contribution in [0.4, 0.5) is 0 Å². The minimum absolute atomic E-state index is 0.253. The number of rotatable bonds is 8. The Balaban J connectivity index is 1.81. The van der Waals surface area contributed by atoms with Gasteiger partial charge in [0.15, 0.2) is 0 Å². The molecule has 3 nitrogen and oxygen atoms in total. The normalized spacial score (nSPS) is 16.3. The summed E-state index contributed by atoms with van der Waals surface area (Å²) in [5.41, 5.74) is 0. The first kappa shape index (κ1) is 13.2. The van der Waals surface area contributed by atoms with Crippen LogP contribution in [0.5, 0.6) is 11.5 Å². The van der Waals surface area contributed by atoms with Gasteiger partial charge in [0.1, 0.15) is 17.6 Å². The van der Waals surface area contributed by atoms with Gasteiger partial charge in [0.2, 0.25) is 0 Å². The van der Waals surface area contributed by atoms with E-state index < -0.39 is 0 Å². The Morgan fingerprint density at radius 2 is 1.83 bits per heavy atom. The van der Waals surface area contributed by atoms with Gasteiger partial charge in [-0.2, -0.15) is 0 Å². The molecule has 0 spiro atoms. The van der Waals surface area contributed by atoms with Gasteiger partial charge in [0.25, 0.3) is 0 Å². The van der Waals surface area contributed by atoms with Gasteiger partial charge in [-0.15, -0.1) is 0 Å². The molecule has 0 amide bonds. The third-order valence-corrected chi connectivity index (χ3v) is 3.10. The van der Waals surface area contributed by atoms with Crippen LogP contribution in [0.2, 0.25) is 0 Å². The van der Waals surface area contributed by atoms with Gasteiger partial charge in [-0.25, -0.2) is 0 Å². The largest absolute Gasteiger partial charge is 0.494 e. The minimum Gasteiger partial charge on any atom is -0.494 e. The Morgan fingerprint density at radius 3 is 2.39 bits per heavy atom. The van der Waals surface area contributed by atoms with Gasteiger partial charge < -0.3 is 14.8 Å². The highest BCUT2D eigenvalue weighted by Crippen LogP contribution is 2.21. The van der Waals surface area contributed by atoms with Crippen molar-refractivity contribution in [1.29, 1.82) is 0 Å². The Bertz CT molecular complexity index is 346. The van der Waals surface area contributed by atoms with E-state index in [0.29, 0.717) is 6.61 Å². The van der Waals surface area contributed by atoms with Crippen molar-refractivity contribution in [2.24, 2.45) is 0 Å². The molecule has 1 unspecified atom stereocenters. The molecule has 0 aromatic heterocycles. The van der Waals surface area contributed by atoms with Crippen LogP contribution in [-0.4, -0.2) is 25.3 Å². The smallest absolute Gasteiger partial charge is 0.120 e. The lowest BCUT2D eigenvalue weighted by molar-refractivity contribution is 0.192. The van der Waals surface area contributed by atoms with Crippen molar-refractivity contribution in [1.82, 2.24) is 5.32 Å². The summed E-state index contributed by atoms with van der Waals surface area (Å²) in [6.07, 6.45) is 3.91. The summed E-state index contributed by atoms with van der Waals surface area (Å²) in [7, 11) is 0. The maximum absolute atomic E-state index is 5.96. The highest BCUT2D eigenvalue weighted by atomic mass is 16.5. The summed E-state index contributed by atoms with van der Waals surface area (Å²) in [5.74, 6) is 1.82. The third-order valence-electron chi connectivity index (χ3n) is 3.10. The van der Waals surface area contributed by atoms with Crippen molar-refractivity contribution in [3.05, 3.63) is 24.3 Å². The van der Waals surface area contributed by atoms with E-state index in [1.807, 2.05) is 31.2 Å². The number of ether oxygens (including phenoxy) is 2. The van der Waals surface area contributed by atoms with Crippen LogP contribution >= 0.6 is 0 Å². The topological polar surface area (TPSA) is 30.5 Å². The zero-order valence-electron chi connectivity index (χ0n) is 11.3. The Labute approximate surface area is 109 Å². The fourth-order valence-electron chi connectivity index (χ4n) is 1.83. The van der Waals surface area contributed by atoms with Crippen LogP contribution in [0.3, 0.4) is 0 Å². The van der Waals surface area contributed by atoms with E-state index in [9.17, 15) is 0 Å². The van der Waals surface area contributed by atoms with Gasteiger partial charge >= 0.3 is 0 Å². The van der Waals surface area contributed by atoms with E-state index in [2.05, 4.69) is 12.2 Å². The van der Waals surface area contributed by atoms with E-state index in [1.165, 1.54) is 12.8 Å². The molecule has 1 fully saturated rings. The number of hydrogen-bond acceptors (Lipinski definition) is 3. The summed E-state index contributed by atoms with van der Waals surface area (Å²) < 4.78 is 11.4. The second-order valence-corrected chi connectivity index (χ2v) is 4.74. The maximum atomic E-state index is 5.96. The van der Waals surface area contributed by atoms with E-state index in [-0.39, 0.29) is 6.10 Å². The van der Waals surface area contributed by atoms with Crippen LogP contribution in [0.1, 0.15) is 33.1 Å².